The molecule has 1 amide bonds. The molecular formula is C18H17N5O3. The number of amides is 1. The van der Waals surface area contributed by atoms with E-state index in [4.69, 9.17) is 9.47 Å². The van der Waals surface area contributed by atoms with Crippen LogP contribution in [0.3, 0.4) is 0 Å². The minimum Gasteiger partial charge on any atom is -0.497 e. The molecule has 0 fully saturated rings. The molecule has 0 bridgehead atoms. The fourth-order valence-corrected chi connectivity index (χ4v) is 2.30. The Kier molecular flexibility index (Phi) is 5.23. The molecule has 2 aromatic carbocycles. The van der Waals surface area contributed by atoms with Gasteiger partial charge >= 0.3 is 0 Å². The smallest absolute Gasteiger partial charge is 0.248 e. The number of anilines is 1. The van der Waals surface area contributed by atoms with E-state index in [1.165, 1.54) is 17.1 Å². The van der Waals surface area contributed by atoms with Gasteiger partial charge in [-0.3, -0.25) is 4.79 Å². The fourth-order valence-electron chi connectivity index (χ4n) is 2.30. The van der Waals surface area contributed by atoms with E-state index in [-0.39, 0.29) is 5.91 Å². The van der Waals surface area contributed by atoms with Gasteiger partial charge in [0.15, 0.2) is 0 Å². The van der Waals surface area contributed by atoms with E-state index in [9.17, 15) is 4.79 Å². The van der Waals surface area contributed by atoms with Crippen molar-refractivity contribution in [3.63, 3.8) is 0 Å². The van der Waals surface area contributed by atoms with Crippen molar-refractivity contribution in [3.05, 3.63) is 60.4 Å². The molecule has 0 unspecified atom stereocenters. The van der Waals surface area contributed by atoms with E-state index in [1.54, 1.807) is 62.8 Å². The van der Waals surface area contributed by atoms with Gasteiger partial charge in [-0.15, -0.1) is 5.10 Å². The number of nitrogens with one attached hydrogen (secondary N) is 1. The summed E-state index contributed by atoms with van der Waals surface area (Å²) < 4.78 is 12.0. The Labute approximate surface area is 150 Å². The van der Waals surface area contributed by atoms with Gasteiger partial charge in [0.1, 0.15) is 17.8 Å². The summed E-state index contributed by atoms with van der Waals surface area (Å²) in [6.45, 7) is 0. The molecule has 132 valence electrons. The van der Waals surface area contributed by atoms with E-state index in [0.29, 0.717) is 17.2 Å². The molecule has 0 aliphatic rings. The summed E-state index contributed by atoms with van der Waals surface area (Å²) in [5.41, 5.74) is 2.20. The van der Waals surface area contributed by atoms with Crippen molar-refractivity contribution in [2.24, 2.45) is 0 Å². The lowest BCUT2D eigenvalue weighted by atomic mass is 10.1. The lowest BCUT2D eigenvalue weighted by molar-refractivity contribution is -0.111. The Morgan fingerprint density at radius 2 is 1.92 bits per heavy atom. The maximum Gasteiger partial charge on any atom is 0.248 e. The van der Waals surface area contributed by atoms with Gasteiger partial charge in [0.05, 0.1) is 19.9 Å². The number of ether oxygens (including phenoxy) is 2. The normalized spacial score (nSPS) is 10.7. The highest BCUT2D eigenvalue weighted by Crippen LogP contribution is 2.25. The number of tetrazole rings is 1. The number of benzene rings is 2. The lowest BCUT2D eigenvalue weighted by Crippen LogP contribution is -2.08. The van der Waals surface area contributed by atoms with Gasteiger partial charge < -0.3 is 14.8 Å². The molecule has 0 atom stereocenters. The maximum atomic E-state index is 12.1. The molecule has 3 aromatic rings. The molecule has 0 saturated carbocycles. The molecule has 1 heterocycles. The highest BCUT2D eigenvalue weighted by molar-refractivity contribution is 6.02. The average Bonchev–Trinajstić information content (AvgIpc) is 3.21. The molecule has 0 aliphatic heterocycles. The Bertz CT molecular complexity index is 905. The summed E-state index contributed by atoms with van der Waals surface area (Å²) in [5.74, 6) is 1.08. The van der Waals surface area contributed by atoms with Crippen molar-refractivity contribution in [2.45, 2.75) is 0 Å². The summed E-state index contributed by atoms with van der Waals surface area (Å²) in [4.78, 5) is 12.1. The first-order valence-corrected chi connectivity index (χ1v) is 7.74. The van der Waals surface area contributed by atoms with Crippen LogP contribution in [0.2, 0.25) is 0 Å². The third-order valence-electron chi connectivity index (χ3n) is 3.60. The van der Waals surface area contributed by atoms with E-state index in [1.807, 2.05) is 0 Å². The molecular weight excluding hydrogens is 334 g/mol. The second-order valence-electron chi connectivity index (χ2n) is 5.23. The van der Waals surface area contributed by atoms with Gasteiger partial charge in [-0.05, 0) is 59.0 Å². The maximum absolute atomic E-state index is 12.1. The van der Waals surface area contributed by atoms with E-state index >= 15 is 0 Å². The van der Waals surface area contributed by atoms with Crippen LogP contribution < -0.4 is 14.8 Å². The SMILES string of the molecule is COc1ccc(OC)c(/C=C/C(=O)Nc2ccc(-n3cnnn3)cc2)c1. The second kappa shape index (κ2) is 7.93. The van der Waals surface area contributed by atoms with E-state index in [0.717, 1.165) is 11.3 Å². The number of hydrogen-bond donors (Lipinski definition) is 1. The van der Waals surface area contributed by atoms with Gasteiger partial charge in [-0.1, -0.05) is 0 Å². The third kappa shape index (κ3) is 4.04. The highest BCUT2D eigenvalue weighted by atomic mass is 16.5. The molecule has 0 radical (unpaired) electrons. The molecule has 0 saturated heterocycles. The predicted octanol–water partition coefficient (Wildman–Crippen LogP) is 2.33. The number of carbonyl (C=O) groups excluding carboxylic acids is 1. The Morgan fingerprint density at radius 1 is 1.12 bits per heavy atom. The number of carbonyl (C=O) groups is 1. The highest BCUT2D eigenvalue weighted by Gasteiger charge is 2.04. The molecule has 1 N–H and O–H groups in total. The zero-order valence-electron chi connectivity index (χ0n) is 14.3. The van der Waals surface area contributed by atoms with Crippen LogP contribution in [-0.4, -0.2) is 40.3 Å². The summed E-state index contributed by atoms with van der Waals surface area (Å²) in [7, 11) is 3.16. The molecule has 1 aromatic heterocycles. The van der Waals surface area contributed by atoms with Crippen molar-refractivity contribution < 1.29 is 14.3 Å². The van der Waals surface area contributed by atoms with Crippen LogP contribution in [0, 0.1) is 0 Å². The molecule has 8 heteroatoms. The van der Waals surface area contributed by atoms with Crippen molar-refractivity contribution in [1.82, 2.24) is 20.2 Å². The van der Waals surface area contributed by atoms with Gasteiger partial charge in [-0.25, -0.2) is 4.68 Å². The van der Waals surface area contributed by atoms with E-state index in [2.05, 4.69) is 20.8 Å². The van der Waals surface area contributed by atoms with E-state index < -0.39 is 0 Å². The zero-order chi connectivity index (χ0) is 18.4. The Balaban J connectivity index is 1.68. The first kappa shape index (κ1) is 17.2. The van der Waals surface area contributed by atoms with Crippen molar-refractivity contribution in [2.75, 3.05) is 19.5 Å². The number of aromatic nitrogens is 4. The first-order valence-electron chi connectivity index (χ1n) is 7.74. The largest absolute Gasteiger partial charge is 0.497 e. The van der Waals surface area contributed by atoms with Crippen LogP contribution in [0.1, 0.15) is 5.56 Å². The van der Waals surface area contributed by atoms with Crippen LogP contribution >= 0.6 is 0 Å². The Hall–Kier alpha value is -3.68. The first-order chi connectivity index (χ1) is 12.7. The van der Waals surface area contributed by atoms with Gasteiger partial charge in [0.25, 0.3) is 0 Å². The molecule has 0 aliphatic carbocycles. The lowest BCUT2D eigenvalue weighted by Gasteiger charge is -2.07. The molecule has 8 nitrogen and oxygen atoms in total. The summed E-state index contributed by atoms with van der Waals surface area (Å²) in [6.07, 6.45) is 4.61. The van der Waals surface area contributed by atoms with Crippen LogP contribution in [0.15, 0.2) is 54.9 Å². The van der Waals surface area contributed by atoms with Crippen molar-refractivity contribution in [3.8, 4) is 17.2 Å². The molecule has 3 rings (SSSR count). The average molecular weight is 351 g/mol. The zero-order valence-corrected chi connectivity index (χ0v) is 14.3. The minimum atomic E-state index is -0.259. The minimum absolute atomic E-state index is 0.259. The van der Waals surface area contributed by atoms with Crippen LogP contribution in [0.25, 0.3) is 11.8 Å². The standard InChI is InChI=1S/C18H17N5O3/c1-25-16-8-9-17(26-2)13(11-16)3-10-18(24)20-14-4-6-15(7-5-14)23-12-19-21-22-23/h3-12H,1-2H3,(H,20,24)/b10-3+. The van der Waals surface area contributed by atoms with Gasteiger partial charge in [0.2, 0.25) is 5.91 Å². The number of nitrogens with zero attached hydrogens (tertiary/aromatic N) is 4. The predicted molar refractivity (Wildman–Crippen MR) is 96.4 cm³/mol. The van der Waals surface area contributed by atoms with Crippen molar-refractivity contribution >= 4 is 17.7 Å². The molecule has 26 heavy (non-hydrogen) atoms. The second-order valence-corrected chi connectivity index (χ2v) is 5.23. The van der Waals surface area contributed by atoms with Crippen LogP contribution in [0.4, 0.5) is 5.69 Å². The number of methoxy groups -OCH3 is 2. The molecule has 0 spiro atoms. The fraction of sp³-hybridized carbons (Fsp3) is 0.111. The van der Waals surface area contributed by atoms with Crippen molar-refractivity contribution in [1.29, 1.82) is 0 Å². The van der Waals surface area contributed by atoms with Crippen LogP contribution in [0.5, 0.6) is 11.5 Å². The summed E-state index contributed by atoms with van der Waals surface area (Å²) in [6, 6.07) is 12.5. The van der Waals surface area contributed by atoms with Gasteiger partial charge in [0, 0.05) is 17.3 Å². The van der Waals surface area contributed by atoms with Crippen LogP contribution in [-0.2, 0) is 4.79 Å². The van der Waals surface area contributed by atoms with Gasteiger partial charge in [-0.2, -0.15) is 0 Å². The summed E-state index contributed by atoms with van der Waals surface area (Å²) in [5, 5.41) is 13.8. The monoisotopic (exact) mass is 351 g/mol. The third-order valence-corrected chi connectivity index (χ3v) is 3.60. The topological polar surface area (TPSA) is 91.2 Å². The Morgan fingerprint density at radius 3 is 2.58 bits per heavy atom. The summed E-state index contributed by atoms with van der Waals surface area (Å²) >= 11 is 0. The quantitative estimate of drug-likeness (QED) is 0.686. The number of rotatable bonds is 6. The number of hydrogen-bond acceptors (Lipinski definition) is 6.